The maximum atomic E-state index is 14.6. The molecule has 0 radical (unpaired) electrons. The summed E-state index contributed by atoms with van der Waals surface area (Å²) in [5, 5.41) is 0. The average molecular weight is 474 g/mol. The molecule has 2 nitrogen and oxygen atoms in total. The Labute approximate surface area is 182 Å². The van der Waals surface area contributed by atoms with Gasteiger partial charge < -0.3 is 4.74 Å². The number of hydrogen-bond acceptors (Lipinski definition) is 2. The molecule has 0 unspecified atom stereocenters. The minimum absolute atomic E-state index is 0.482. The van der Waals surface area contributed by atoms with Crippen LogP contribution in [0.2, 0.25) is 0 Å². The fraction of sp³-hybridized carbons (Fsp3) is 0.174. The van der Waals surface area contributed by atoms with E-state index < -0.39 is 82.1 Å². The smallest absolute Gasteiger partial charge is 0.389 e. The zero-order chi connectivity index (χ0) is 24.5. The van der Waals surface area contributed by atoms with Crippen LogP contribution in [0.25, 0.3) is 11.1 Å². The van der Waals surface area contributed by atoms with Crippen LogP contribution >= 0.6 is 0 Å². The number of rotatable bonds is 5. The molecule has 0 saturated heterocycles. The Hall–Kier alpha value is -3.43. The molecule has 0 aliphatic heterocycles. The second-order valence-electron chi connectivity index (χ2n) is 7.17. The number of ether oxygens (including phenoxy) is 1. The number of carbonyl (C=O) groups excluding carboxylic acids is 1. The first-order chi connectivity index (χ1) is 15.4. The van der Waals surface area contributed by atoms with E-state index in [9.17, 15) is 39.9 Å². The number of halogens is 8. The van der Waals surface area contributed by atoms with Gasteiger partial charge in [-0.2, -0.15) is 13.2 Å². The molecule has 0 amide bonds. The van der Waals surface area contributed by atoms with Crippen molar-refractivity contribution in [2.45, 2.75) is 25.9 Å². The van der Waals surface area contributed by atoms with E-state index in [-0.39, 0.29) is 0 Å². The van der Waals surface area contributed by atoms with Crippen LogP contribution in [0.4, 0.5) is 35.1 Å². The first-order valence-electron chi connectivity index (χ1n) is 9.38. The van der Waals surface area contributed by atoms with Gasteiger partial charge in [-0.15, -0.1) is 0 Å². The van der Waals surface area contributed by atoms with Gasteiger partial charge in [0.2, 0.25) is 0 Å². The summed E-state index contributed by atoms with van der Waals surface area (Å²) in [6, 6.07) is 5.71. The number of alkyl halides is 3. The van der Waals surface area contributed by atoms with Gasteiger partial charge in [-0.3, -0.25) is 0 Å². The van der Waals surface area contributed by atoms with Gasteiger partial charge >= 0.3 is 12.1 Å². The maximum Gasteiger partial charge on any atom is 0.389 e. The van der Waals surface area contributed by atoms with E-state index in [2.05, 4.69) is 0 Å². The van der Waals surface area contributed by atoms with Crippen molar-refractivity contribution in [3.63, 3.8) is 0 Å². The third-order valence-electron chi connectivity index (χ3n) is 4.66. The monoisotopic (exact) mass is 474 g/mol. The van der Waals surface area contributed by atoms with Crippen molar-refractivity contribution in [3.05, 3.63) is 88.2 Å². The average Bonchev–Trinajstić information content (AvgIpc) is 2.65. The van der Waals surface area contributed by atoms with Gasteiger partial charge in [0.15, 0.2) is 0 Å². The second-order valence-corrected chi connectivity index (χ2v) is 7.17. The Bertz CT molecular complexity index is 1170. The second kappa shape index (κ2) is 9.21. The molecule has 0 aliphatic carbocycles. The first-order valence-corrected chi connectivity index (χ1v) is 9.38. The number of benzene rings is 3. The van der Waals surface area contributed by atoms with Crippen molar-refractivity contribution >= 4 is 5.97 Å². The Balaban J connectivity index is 1.89. The maximum absolute atomic E-state index is 14.6. The zero-order valence-electron chi connectivity index (χ0n) is 16.8. The number of aryl methyl sites for hydroxylation is 1. The highest BCUT2D eigenvalue weighted by Gasteiger charge is 2.28. The van der Waals surface area contributed by atoms with E-state index in [0.29, 0.717) is 29.8 Å². The van der Waals surface area contributed by atoms with Crippen LogP contribution < -0.4 is 4.74 Å². The Kier molecular flexibility index (Phi) is 6.76. The third kappa shape index (κ3) is 5.68. The summed E-state index contributed by atoms with van der Waals surface area (Å²) in [6.07, 6.45) is -7.12. The molecule has 0 N–H and O–H groups in total. The van der Waals surface area contributed by atoms with Crippen molar-refractivity contribution in [2.24, 2.45) is 0 Å². The fourth-order valence-corrected chi connectivity index (χ4v) is 3.09. The van der Waals surface area contributed by atoms with Crippen molar-refractivity contribution in [2.75, 3.05) is 0 Å². The Morgan fingerprint density at radius 2 is 1.39 bits per heavy atom. The van der Waals surface area contributed by atoms with E-state index in [1.165, 1.54) is 6.07 Å². The molecule has 3 aromatic rings. The van der Waals surface area contributed by atoms with Gasteiger partial charge in [0.25, 0.3) is 0 Å². The van der Waals surface area contributed by atoms with Crippen LogP contribution in [0.15, 0.2) is 42.5 Å². The van der Waals surface area contributed by atoms with Crippen LogP contribution in [0, 0.1) is 36.0 Å². The van der Waals surface area contributed by atoms with Crippen molar-refractivity contribution in [1.29, 1.82) is 0 Å². The molecule has 0 fully saturated rings. The van der Waals surface area contributed by atoms with E-state index in [0.717, 1.165) is 12.1 Å². The summed E-state index contributed by atoms with van der Waals surface area (Å²) in [6.45, 7) is 1.58. The molecule has 3 aromatic carbocycles. The molecule has 0 heterocycles. The van der Waals surface area contributed by atoms with E-state index in [1.807, 2.05) is 0 Å². The zero-order valence-corrected chi connectivity index (χ0v) is 16.8. The van der Waals surface area contributed by atoms with Crippen LogP contribution in [0.5, 0.6) is 5.75 Å². The normalized spacial score (nSPS) is 11.5. The van der Waals surface area contributed by atoms with E-state index in [4.69, 9.17) is 4.74 Å². The van der Waals surface area contributed by atoms with Crippen LogP contribution in [0.3, 0.4) is 0 Å². The summed E-state index contributed by atoms with van der Waals surface area (Å²) >= 11 is 0. The molecule has 0 atom stereocenters. The first kappa shape index (κ1) is 24.2. The third-order valence-corrected chi connectivity index (χ3v) is 4.66. The lowest BCUT2D eigenvalue weighted by atomic mass is 9.99. The molecular formula is C23H14F8O2. The molecule has 33 heavy (non-hydrogen) atoms. The number of hydrogen-bond donors (Lipinski definition) is 0. The molecule has 0 spiro atoms. The van der Waals surface area contributed by atoms with Crippen molar-refractivity contribution in [1.82, 2.24) is 0 Å². The summed E-state index contributed by atoms with van der Waals surface area (Å²) < 4.78 is 113. The summed E-state index contributed by atoms with van der Waals surface area (Å²) in [4.78, 5) is 12.1. The summed E-state index contributed by atoms with van der Waals surface area (Å²) in [7, 11) is 0. The molecule has 3 rings (SSSR count). The molecule has 174 valence electrons. The van der Waals surface area contributed by atoms with E-state index >= 15 is 0 Å². The highest BCUT2D eigenvalue weighted by atomic mass is 19.4. The van der Waals surface area contributed by atoms with Gasteiger partial charge in [0.05, 0.1) is 11.1 Å². The SMILES string of the molecule is Cc1ccc(C(=O)Oc2cc(F)c(-c3cc(F)c(CCC(F)(F)F)c(F)c3)c(F)c2)c(F)c1. The van der Waals surface area contributed by atoms with Crippen LogP contribution in [-0.4, -0.2) is 12.1 Å². The Morgan fingerprint density at radius 3 is 1.91 bits per heavy atom. The Morgan fingerprint density at radius 1 is 0.818 bits per heavy atom. The summed E-state index contributed by atoms with van der Waals surface area (Å²) in [5.41, 5.74) is -2.34. The lowest BCUT2D eigenvalue weighted by Gasteiger charge is -2.12. The van der Waals surface area contributed by atoms with Crippen LogP contribution in [0.1, 0.15) is 27.9 Å². The number of carbonyl (C=O) groups is 1. The van der Waals surface area contributed by atoms with Gasteiger partial charge in [0.1, 0.15) is 34.8 Å². The lowest BCUT2D eigenvalue weighted by Crippen LogP contribution is -2.11. The van der Waals surface area contributed by atoms with Crippen LogP contribution in [-0.2, 0) is 6.42 Å². The van der Waals surface area contributed by atoms with Gasteiger partial charge in [0, 0.05) is 24.1 Å². The predicted molar refractivity (Wildman–Crippen MR) is 102 cm³/mol. The molecule has 0 bridgehead atoms. The minimum atomic E-state index is -4.65. The standard InChI is InChI=1S/C23H14F8O2/c1-11-2-3-15(16(24)6-11)22(32)33-13-9-19(27)21(20(28)10-13)12-7-17(25)14(18(26)8-12)4-5-23(29,30)31/h2-3,6-10H,4-5H2,1H3. The van der Waals surface area contributed by atoms with Crippen molar-refractivity contribution in [3.8, 4) is 16.9 Å². The summed E-state index contributed by atoms with van der Waals surface area (Å²) in [5.74, 6) is -8.33. The fourth-order valence-electron chi connectivity index (χ4n) is 3.09. The molecule has 0 aliphatic rings. The largest absolute Gasteiger partial charge is 0.423 e. The van der Waals surface area contributed by atoms with Gasteiger partial charge in [-0.05, 0) is 48.7 Å². The quantitative estimate of drug-likeness (QED) is 0.225. The number of esters is 1. The highest BCUT2D eigenvalue weighted by molar-refractivity contribution is 5.91. The van der Waals surface area contributed by atoms with E-state index in [1.54, 1.807) is 6.92 Å². The lowest BCUT2D eigenvalue weighted by molar-refractivity contribution is -0.134. The predicted octanol–water partition coefficient (Wildman–Crippen LogP) is 7.07. The van der Waals surface area contributed by atoms with Crippen molar-refractivity contribution < 1.29 is 44.7 Å². The molecule has 0 aromatic heterocycles. The molecule has 10 heteroatoms. The van der Waals surface area contributed by atoms with Gasteiger partial charge in [-0.1, -0.05) is 6.07 Å². The minimum Gasteiger partial charge on any atom is -0.423 e. The molecule has 0 saturated carbocycles. The highest BCUT2D eigenvalue weighted by Crippen LogP contribution is 2.33. The van der Waals surface area contributed by atoms with Gasteiger partial charge in [-0.25, -0.2) is 26.7 Å². The topological polar surface area (TPSA) is 26.3 Å². The molecular weight excluding hydrogens is 460 g/mol.